The van der Waals surface area contributed by atoms with Crippen LogP contribution < -0.4 is 5.32 Å². The molecule has 0 radical (unpaired) electrons. The second-order valence-electron chi connectivity index (χ2n) is 7.85. The number of nitrogens with zero attached hydrogens (tertiary/aromatic N) is 1. The molecule has 0 unspecified atom stereocenters. The number of amides is 1. The molecule has 2 aromatic rings. The molecule has 0 spiro atoms. The van der Waals surface area contributed by atoms with Crippen molar-refractivity contribution in [2.24, 2.45) is 0 Å². The summed E-state index contributed by atoms with van der Waals surface area (Å²) in [5.74, 6) is 1.22. The highest BCUT2D eigenvalue weighted by molar-refractivity contribution is 7.98. The van der Waals surface area contributed by atoms with E-state index in [4.69, 9.17) is 23.2 Å². The molecule has 1 N–H and O–H groups in total. The minimum absolute atomic E-state index is 0.184. The molecule has 32 heavy (non-hydrogen) atoms. The first-order chi connectivity index (χ1) is 15.3. The molecule has 1 amide bonds. The van der Waals surface area contributed by atoms with Crippen LogP contribution in [0.25, 0.3) is 0 Å². The molecule has 1 fully saturated rings. The summed E-state index contributed by atoms with van der Waals surface area (Å²) in [5, 5.41) is 3.96. The van der Waals surface area contributed by atoms with Crippen LogP contribution in [0.2, 0.25) is 10.0 Å². The number of carbonyl (C=O) groups is 1. The summed E-state index contributed by atoms with van der Waals surface area (Å²) < 4.78 is 27.7. The Labute approximate surface area is 204 Å². The minimum Gasteiger partial charge on any atom is -0.351 e. The number of rotatable bonds is 8. The molecule has 0 aliphatic carbocycles. The Kier molecular flexibility index (Phi) is 9.32. The maximum absolute atomic E-state index is 13.1. The van der Waals surface area contributed by atoms with Gasteiger partial charge in [0.05, 0.1) is 14.9 Å². The lowest BCUT2D eigenvalue weighted by Crippen LogP contribution is -2.32. The number of thioether (sulfide) groups is 1. The Morgan fingerprint density at radius 2 is 1.75 bits per heavy atom. The lowest BCUT2D eigenvalue weighted by atomic mass is 10.1. The molecule has 9 heteroatoms. The molecular weight excluding hydrogens is 487 g/mol. The van der Waals surface area contributed by atoms with E-state index >= 15 is 0 Å². The molecule has 0 atom stereocenters. The van der Waals surface area contributed by atoms with Crippen molar-refractivity contribution < 1.29 is 13.2 Å². The summed E-state index contributed by atoms with van der Waals surface area (Å²) in [5.41, 5.74) is 2.22. The molecule has 5 nitrogen and oxygen atoms in total. The Balaban J connectivity index is 1.57. The van der Waals surface area contributed by atoms with E-state index in [0.29, 0.717) is 35.2 Å². The fourth-order valence-electron chi connectivity index (χ4n) is 3.59. The lowest BCUT2D eigenvalue weighted by molar-refractivity contribution is 0.0955. The first kappa shape index (κ1) is 25.4. The Morgan fingerprint density at radius 3 is 2.44 bits per heavy atom. The van der Waals surface area contributed by atoms with E-state index in [1.165, 1.54) is 6.07 Å². The Hall–Kier alpha value is -1.25. The monoisotopic (exact) mass is 514 g/mol. The Bertz CT molecular complexity index is 1050. The molecule has 1 aliphatic heterocycles. The van der Waals surface area contributed by atoms with Gasteiger partial charge in [0.1, 0.15) is 0 Å². The highest BCUT2D eigenvalue weighted by atomic mass is 35.5. The zero-order valence-electron chi connectivity index (χ0n) is 18.1. The number of carbonyl (C=O) groups excluding carboxylic acids is 1. The largest absolute Gasteiger partial charge is 0.351 e. The number of nitrogens with one attached hydrogen (secondary N) is 1. The zero-order valence-corrected chi connectivity index (χ0v) is 21.2. The second-order valence-corrected chi connectivity index (χ2v) is 11.7. The van der Waals surface area contributed by atoms with E-state index in [0.717, 1.165) is 48.3 Å². The summed E-state index contributed by atoms with van der Waals surface area (Å²) in [6, 6.07) is 10.4. The highest BCUT2D eigenvalue weighted by Crippen LogP contribution is 2.25. The fraction of sp³-hybridized carbons (Fsp3) is 0.435. The van der Waals surface area contributed by atoms with Crippen LogP contribution in [-0.2, 0) is 15.8 Å². The van der Waals surface area contributed by atoms with E-state index in [2.05, 4.69) is 5.32 Å². The van der Waals surface area contributed by atoms with E-state index in [1.54, 1.807) is 34.3 Å². The van der Waals surface area contributed by atoms with Crippen molar-refractivity contribution >= 4 is 50.9 Å². The predicted molar refractivity (Wildman–Crippen MR) is 133 cm³/mol. The summed E-state index contributed by atoms with van der Waals surface area (Å²) in [6.07, 6.45) is 3.85. The van der Waals surface area contributed by atoms with Gasteiger partial charge in [-0.05, 0) is 55.2 Å². The summed E-state index contributed by atoms with van der Waals surface area (Å²) in [4.78, 5) is 12.9. The minimum atomic E-state index is -3.60. The first-order valence-corrected chi connectivity index (χ1v) is 14.0. The maximum atomic E-state index is 13.1. The third kappa shape index (κ3) is 6.64. The average Bonchev–Trinajstić information content (AvgIpc) is 3.06. The van der Waals surface area contributed by atoms with Gasteiger partial charge in [-0.3, -0.25) is 4.79 Å². The first-order valence-electron chi connectivity index (χ1n) is 10.7. The molecule has 1 saturated heterocycles. The number of halogens is 2. The standard InChI is InChI=1S/C23H28Cl2N2O3S2/c1-17-6-8-19(32(29,30)27-11-4-2-3-5-12-27)15-20(17)23(28)26-10-13-31-16-18-7-9-21(24)22(25)14-18/h6-9,14-15H,2-5,10-13,16H2,1H3,(H,26,28). The van der Waals surface area contributed by atoms with Gasteiger partial charge in [0.25, 0.3) is 5.91 Å². The van der Waals surface area contributed by atoms with Crippen LogP contribution >= 0.6 is 35.0 Å². The van der Waals surface area contributed by atoms with Gasteiger partial charge in [0.15, 0.2) is 0 Å². The van der Waals surface area contributed by atoms with Crippen molar-refractivity contribution in [2.45, 2.75) is 43.3 Å². The summed E-state index contributed by atoms with van der Waals surface area (Å²) in [7, 11) is -3.60. The molecule has 0 aromatic heterocycles. The van der Waals surface area contributed by atoms with Crippen LogP contribution in [0.5, 0.6) is 0 Å². The molecule has 3 rings (SSSR count). The molecule has 1 aliphatic rings. The SMILES string of the molecule is Cc1ccc(S(=O)(=O)N2CCCCCC2)cc1C(=O)NCCSCc1ccc(Cl)c(Cl)c1. The van der Waals surface area contributed by atoms with E-state index < -0.39 is 10.0 Å². The number of benzene rings is 2. The van der Waals surface area contributed by atoms with Gasteiger partial charge in [0, 0.05) is 36.7 Å². The number of hydrogen-bond acceptors (Lipinski definition) is 4. The van der Waals surface area contributed by atoms with Crippen molar-refractivity contribution in [1.29, 1.82) is 0 Å². The predicted octanol–water partition coefficient (Wildman–Crippen LogP) is 5.53. The smallest absolute Gasteiger partial charge is 0.251 e. The van der Waals surface area contributed by atoms with Gasteiger partial charge in [0.2, 0.25) is 10.0 Å². The summed E-state index contributed by atoms with van der Waals surface area (Å²) >= 11 is 13.6. The van der Waals surface area contributed by atoms with E-state index in [-0.39, 0.29) is 10.8 Å². The fourth-order valence-corrected chi connectivity index (χ4v) is 6.26. The second kappa shape index (κ2) is 11.7. The van der Waals surface area contributed by atoms with Crippen molar-refractivity contribution in [2.75, 3.05) is 25.4 Å². The number of aryl methyl sites for hydroxylation is 1. The number of sulfonamides is 1. The van der Waals surface area contributed by atoms with Crippen LogP contribution in [-0.4, -0.2) is 44.0 Å². The third-order valence-corrected chi connectivity index (χ3v) is 9.11. The Morgan fingerprint density at radius 1 is 1.03 bits per heavy atom. The molecule has 2 aromatic carbocycles. The molecular formula is C23H28Cl2N2O3S2. The third-order valence-electron chi connectivity index (χ3n) is 5.44. The molecule has 1 heterocycles. The van der Waals surface area contributed by atoms with Crippen LogP contribution in [0.15, 0.2) is 41.3 Å². The highest BCUT2D eigenvalue weighted by Gasteiger charge is 2.26. The average molecular weight is 516 g/mol. The van der Waals surface area contributed by atoms with Crippen molar-refractivity contribution in [3.63, 3.8) is 0 Å². The van der Waals surface area contributed by atoms with E-state index in [1.807, 2.05) is 19.1 Å². The lowest BCUT2D eigenvalue weighted by Gasteiger charge is -2.20. The number of hydrogen-bond donors (Lipinski definition) is 1. The van der Waals surface area contributed by atoms with Gasteiger partial charge >= 0.3 is 0 Å². The topological polar surface area (TPSA) is 66.5 Å². The van der Waals surface area contributed by atoms with Gasteiger partial charge < -0.3 is 5.32 Å². The quantitative estimate of drug-likeness (QED) is 0.470. The van der Waals surface area contributed by atoms with Gasteiger partial charge in [-0.15, -0.1) is 0 Å². The summed E-state index contributed by atoms with van der Waals surface area (Å²) in [6.45, 7) is 3.37. The van der Waals surface area contributed by atoms with Gasteiger partial charge in [-0.1, -0.05) is 48.2 Å². The van der Waals surface area contributed by atoms with Gasteiger partial charge in [-0.25, -0.2) is 8.42 Å². The van der Waals surface area contributed by atoms with Gasteiger partial charge in [-0.2, -0.15) is 16.1 Å². The van der Waals surface area contributed by atoms with Crippen LogP contribution in [0.4, 0.5) is 0 Å². The van der Waals surface area contributed by atoms with E-state index in [9.17, 15) is 13.2 Å². The zero-order chi connectivity index (χ0) is 23.1. The van der Waals surface area contributed by atoms with Crippen molar-refractivity contribution in [3.8, 4) is 0 Å². The van der Waals surface area contributed by atoms with Crippen LogP contribution in [0, 0.1) is 6.92 Å². The van der Waals surface area contributed by atoms with Crippen molar-refractivity contribution in [3.05, 3.63) is 63.1 Å². The van der Waals surface area contributed by atoms with Crippen LogP contribution in [0.3, 0.4) is 0 Å². The molecule has 0 saturated carbocycles. The van der Waals surface area contributed by atoms with Crippen molar-refractivity contribution in [1.82, 2.24) is 9.62 Å². The molecule has 0 bridgehead atoms. The normalized spacial score (nSPS) is 15.3. The molecule has 174 valence electrons. The maximum Gasteiger partial charge on any atom is 0.251 e. The van der Waals surface area contributed by atoms with Crippen LogP contribution in [0.1, 0.15) is 47.2 Å².